The lowest BCUT2D eigenvalue weighted by atomic mass is 14.0. The van der Waals surface area contributed by atoms with E-state index in [0.717, 1.165) is 0 Å². The zero-order valence-corrected chi connectivity index (χ0v) is 19.3. The molecule has 0 aliphatic rings. The predicted octanol–water partition coefficient (Wildman–Crippen LogP) is 5.84. The maximum absolute atomic E-state index is 0. The minimum absolute atomic E-state index is 0. The van der Waals surface area contributed by atoms with Gasteiger partial charge in [-0.3, -0.25) is 0 Å². The molecule has 0 aromatic rings. The number of hydrogen-bond acceptors (Lipinski definition) is 10. The van der Waals surface area contributed by atoms with Crippen molar-refractivity contribution in [3.8, 4) is 0 Å². The third kappa shape index (κ3) is 1250. The van der Waals surface area contributed by atoms with E-state index in [9.17, 15) is 0 Å². The normalized spacial score (nSPS) is 0. The van der Waals surface area contributed by atoms with Crippen molar-refractivity contribution in [2.24, 2.45) is 0 Å². The van der Waals surface area contributed by atoms with Crippen molar-refractivity contribution in [1.29, 1.82) is 0 Å². The highest BCUT2D eigenvalue weighted by Gasteiger charge is -0.137. The molecular formula is H40Cl10N10. The fourth-order valence-electron chi connectivity index (χ4n) is 0. The Bertz CT molecular complexity index is 20.0. The Morgan fingerprint density at radius 2 is 0.100 bits per heavy atom. The van der Waals surface area contributed by atoms with Gasteiger partial charge in [0.05, 0.1) is 0 Å². The van der Waals surface area contributed by atoms with Crippen LogP contribution in [-0.2, 0) is 0 Å². The number of halogens is 10. The predicted molar refractivity (Wildman–Crippen MR) is 123 cm³/mol. The van der Waals surface area contributed by atoms with Gasteiger partial charge in [0.2, 0.25) is 0 Å². The first kappa shape index (κ1) is 1660. The fourth-order valence-corrected chi connectivity index (χ4v) is 0. The largest absolute Gasteiger partial charge is 0.344 e. The summed E-state index contributed by atoms with van der Waals surface area (Å²) in [7, 11) is 0. The second-order valence-corrected chi connectivity index (χ2v) is 0. The molecule has 0 unspecified atom stereocenters. The molecule has 20 heteroatoms. The van der Waals surface area contributed by atoms with Gasteiger partial charge in [0.25, 0.3) is 0 Å². The molecule has 0 aliphatic heterocycles. The molecule has 0 rings (SSSR count). The van der Waals surface area contributed by atoms with E-state index < -0.39 is 0 Å². The Balaban J connectivity index is 0. The van der Waals surface area contributed by atoms with E-state index in [1.165, 1.54) is 0 Å². The third-order valence-electron chi connectivity index (χ3n) is 0. The molecule has 0 spiro atoms. The van der Waals surface area contributed by atoms with Crippen LogP contribution in [0.1, 0.15) is 0 Å². The molecule has 10 nitrogen and oxygen atoms in total. The van der Waals surface area contributed by atoms with Crippen LogP contribution < -0.4 is 61.5 Å². The quantitative estimate of drug-likeness (QED) is 0.177. The monoisotopic (exact) mass is 530 g/mol. The lowest BCUT2D eigenvalue weighted by Gasteiger charge is -0.345. The highest BCUT2D eigenvalue weighted by atomic mass is 35.5. The zero-order valence-electron chi connectivity index (χ0n) is 11.2. The number of rotatable bonds is 0. The molecule has 30 N–H and O–H groups in total. The second-order valence-electron chi connectivity index (χ2n) is 0. The molecule has 0 atom stereocenters. The lowest BCUT2D eigenvalue weighted by Crippen LogP contribution is -0.482. The summed E-state index contributed by atoms with van der Waals surface area (Å²) >= 11 is 0. The summed E-state index contributed by atoms with van der Waals surface area (Å²) in [4.78, 5) is 0. The van der Waals surface area contributed by atoms with Gasteiger partial charge in [-0.05, 0) is 0 Å². The van der Waals surface area contributed by atoms with Crippen molar-refractivity contribution in [2.45, 2.75) is 0 Å². The number of hydrogen-bond donors (Lipinski definition) is 10. The van der Waals surface area contributed by atoms with Crippen LogP contribution in [0.15, 0.2) is 0 Å². The molecule has 0 bridgehead atoms. The van der Waals surface area contributed by atoms with Gasteiger partial charge >= 0.3 is 0 Å². The summed E-state index contributed by atoms with van der Waals surface area (Å²) < 4.78 is 0. The van der Waals surface area contributed by atoms with Gasteiger partial charge in [-0.2, -0.15) is 0 Å². The average Bonchev–Trinajstić information content (AvgIpc) is 0. The van der Waals surface area contributed by atoms with Gasteiger partial charge in [-0.25, -0.2) is 0 Å². The van der Waals surface area contributed by atoms with Crippen LogP contribution in [0.2, 0.25) is 0 Å². The van der Waals surface area contributed by atoms with Crippen LogP contribution >= 0.6 is 124 Å². The van der Waals surface area contributed by atoms with E-state index in [1.807, 2.05) is 0 Å². The standard InChI is InChI=1S/10ClH.10H3N/h10*1H;10*1H3. The van der Waals surface area contributed by atoms with Crippen molar-refractivity contribution in [3.05, 3.63) is 0 Å². The molecule has 0 aliphatic carbocycles. The van der Waals surface area contributed by atoms with E-state index in [1.54, 1.807) is 0 Å². The van der Waals surface area contributed by atoms with Crippen molar-refractivity contribution in [1.82, 2.24) is 61.5 Å². The summed E-state index contributed by atoms with van der Waals surface area (Å²) in [6, 6.07) is 0. The topological polar surface area (TPSA) is 350 Å². The van der Waals surface area contributed by atoms with Crippen LogP contribution in [0.4, 0.5) is 0 Å². The van der Waals surface area contributed by atoms with Crippen molar-refractivity contribution in [3.63, 3.8) is 0 Å². The van der Waals surface area contributed by atoms with E-state index in [4.69, 9.17) is 0 Å². The first-order chi connectivity index (χ1) is 0. The van der Waals surface area contributed by atoms with Gasteiger partial charge in [0.15, 0.2) is 0 Å². The molecule has 160 valence electrons. The molecule has 0 amide bonds. The summed E-state index contributed by atoms with van der Waals surface area (Å²) in [6.07, 6.45) is 0. The molecule has 20 heavy (non-hydrogen) atoms. The summed E-state index contributed by atoms with van der Waals surface area (Å²) in [5.41, 5.74) is 0. The van der Waals surface area contributed by atoms with E-state index in [-0.39, 0.29) is 186 Å². The minimum atomic E-state index is 0. The molecule has 0 aromatic carbocycles. The summed E-state index contributed by atoms with van der Waals surface area (Å²) in [5, 5.41) is 0. The Hall–Kier alpha value is 2.50. The molecule has 0 heterocycles. The van der Waals surface area contributed by atoms with Crippen LogP contribution in [0.3, 0.4) is 0 Å². The highest BCUT2D eigenvalue weighted by Crippen LogP contribution is 0.699. The molecule has 0 saturated carbocycles. The molecular weight excluding hydrogens is 495 g/mol. The lowest BCUT2D eigenvalue weighted by molar-refractivity contribution is 2.13. The van der Waals surface area contributed by atoms with Crippen molar-refractivity contribution >= 4 is 124 Å². The Morgan fingerprint density at radius 1 is 0.100 bits per heavy atom. The van der Waals surface area contributed by atoms with Gasteiger partial charge in [-0.1, -0.05) is 0 Å². The maximum Gasteiger partial charge on any atom is -0.147 e. The van der Waals surface area contributed by atoms with Gasteiger partial charge < -0.3 is 61.5 Å². The van der Waals surface area contributed by atoms with Crippen molar-refractivity contribution < 1.29 is 0 Å². The Morgan fingerprint density at radius 3 is 0.100 bits per heavy atom. The summed E-state index contributed by atoms with van der Waals surface area (Å²) in [5.74, 6) is 0. The minimum Gasteiger partial charge on any atom is -0.344 e. The maximum atomic E-state index is 0. The third-order valence-corrected chi connectivity index (χ3v) is 0. The van der Waals surface area contributed by atoms with Crippen molar-refractivity contribution in [2.75, 3.05) is 0 Å². The van der Waals surface area contributed by atoms with Crippen LogP contribution in [-0.4, -0.2) is 0 Å². The van der Waals surface area contributed by atoms with Gasteiger partial charge in [0.1, 0.15) is 0 Å². The molecule has 0 fully saturated rings. The van der Waals surface area contributed by atoms with E-state index in [0.29, 0.717) is 0 Å². The van der Waals surface area contributed by atoms with Crippen LogP contribution in [0, 0.1) is 0 Å². The van der Waals surface area contributed by atoms with E-state index in [2.05, 4.69) is 0 Å². The summed E-state index contributed by atoms with van der Waals surface area (Å²) in [6.45, 7) is 0. The average molecular weight is 535 g/mol. The molecule has 0 saturated heterocycles. The smallest absolute Gasteiger partial charge is 0.147 e. The van der Waals surface area contributed by atoms with Gasteiger partial charge in [-0.15, -0.1) is 124 Å². The first-order valence-electron chi connectivity index (χ1n) is 0. The first-order valence-corrected chi connectivity index (χ1v) is 0. The fraction of sp³-hybridized carbons (Fsp3) is 0. The Kier molecular flexibility index (Phi) is 120000. The Labute approximate surface area is 184 Å². The molecule has 0 aromatic heterocycles. The van der Waals surface area contributed by atoms with Gasteiger partial charge in [0, 0.05) is 0 Å². The SMILES string of the molecule is Cl.Cl.Cl.Cl.Cl.Cl.Cl.Cl.Cl.Cl.N.N.N.N.N.N.N.N.N.N. The zero-order chi connectivity index (χ0) is 0. The highest BCUT2D eigenvalue weighted by molar-refractivity contribution is 5.86. The van der Waals surface area contributed by atoms with E-state index >= 15 is 0 Å². The second kappa shape index (κ2) is 1450. The van der Waals surface area contributed by atoms with Crippen LogP contribution in [0.5, 0.6) is 0 Å². The molecule has 0 radical (unpaired) electrons. The van der Waals surface area contributed by atoms with Crippen LogP contribution in [0.25, 0.3) is 0 Å².